The zero-order chi connectivity index (χ0) is 17.1. The molecule has 0 spiro atoms. The molecular formula is C17H26N6S. The third-order valence-corrected chi connectivity index (χ3v) is 5.17. The monoisotopic (exact) mass is 346 g/mol. The summed E-state index contributed by atoms with van der Waals surface area (Å²) in [6.45, 7) is 10.7. The Morgan fingerprint density at radius 2 is 1.92 bits per heavy atom. The third kappa shape index (κ3) is 3.78. The highest BCUT2D eigenvalue weighted by Gasteiger charge is 2.25. The standard InChI is InChI=1S/C17H26N6S/c1-11(2)15-19-10-7-14(20-15)24-17-22-21-16(23(17)12(3)4)13-5-8-18-9-6-13/h7,10-13,18H,5-6,8-9H2,1-4H3. The van der Waals surface area contributed by atoms with Crippen LogP contribution in [0.4, 0.5) is 0 Å². The van der Waals surface area contributed by atoms with E-state index < -0.39 is 0 Å². The van der Waals surface area contributed by atoms with Gasteiger partial charge in [0.25, 0.3) is 0 Å². The Morgan fingerprint density at radius 3 is 2.58 bits per heavy atom. The maximum Gasteiger partial charge on any atom is 0.197 e. The maximum atomic E-state index is 4.65. The van der Waals surface area contributed by atoms with Gasteiger partial charge in [0.05, 0.1) is 0 Å². The molecular weight excluding hydrogens is 320 g/mol. The molecule has 1 aliphatic rings. The van der Waals surface area contributed by atoms with Gasteiger partial charge in [-0.3, -0.25) is 0 Å². The maximum absolute atomic E-state index is 4.65. The number of rotatable bonds is 5. The number of nitrogens with zero attached hydrogens (tertiary/aromatic N) is 5. The van der Waals surface area contributed by atoms with Crippen molar-refractivity contribution in [2.24, 2.45) is 0 Å². The number of hydrogen-bond donors (Lipinski definition) is 1. The highest BCUT2D eigenvalue weighted by molar-refractivity contribution is 7.99. The molecule has 0 amide bonds. The third-order valence-electron chi connectivity index (χ3n) is 4.27. The quantitative estimate of drug-likeness (QED) is 0.837. The minimum Gasteiger partial charge on any atom is -0.317 e. The van der Waals surface area contributed by atoms with E-state index in [1.54, 1.807) is 11.8 Å². The average molecular weight is 347 g/mol. The Kier molecular flexibility index (Phi) is 5.50. The van der Waals surface area contributed by atoms with E-state index >= 15 is 0 Å². The zero-order valence-corrected chi connectivity index (χ0v) is 15.7. The first-order chi connectivity index (χ1) is 11.6. The van der Waals surface area contributed by atoms with Crippen LogP contribution in [0.1, 0.15) is 70.1 Å². The van der Waals surface area contributed by atoms with Crippen molar-refractivity contribution in [3.05, 3.63) is 23.9 Å². The molecule has 2 aromatic heterocycles. The van der Waals surface area contributed by atoms with Crippen molar-refractivity contribution in [1.29, 1.82) is 0 Å². The van der Waals surface area contributed by atoms with Crippen LogP contribution in [-0.2, 0) is 0 Å². The summed E-state index contributed by atoms with van der Waals surface area (Å²) in [5.41, 5.74) is 0. The average Bonchev–Trinajstić information content (AvgIpc) is 2.99. The molecule has 6 nitrogen and oxygen atoms in total. The molecule has 7 heteroatoms. The SMILES string of the molecule is CC(C)c1nccc(Sc2nnc(C3CCNCC3)n2C(C)C)n1. The summed E-state index contributed by atoms with van der Waals surface area (Å²) in [5, 5.41) is 14.3. The lowest BCUT2D eigenvalue weighted by Crippen LogP contribution is -2.28. The summed E-state index contributed by atoms with van der Waals surface area (Å²) in [5.74, 6) is 2.80. The normalized spacial score (nSPS) is 16.2. The Hall–Kier alpha value is -1.47. The molecule has 0 atom stereocenters. The van der Waals surface area contributed by atoms with E-state index in [1.807, 2.05) is 12.3 Å². The Morgan fingerprint density at radius 1 is 1.17 bits per heavy atom. The van der Waals surface area contributed by atoms with Crippen LogP contribution in [0.3, 0.4) is 0 Å². The lowest BCUT2D eigenvalue weighted by atomic mass is 9.97. The van der Waals surface area contributed by atoms with E-state index in [1.165, 1.54) is 0 Å². The van der Waals surface area contributed by atoms with Gasteiger partial charge in [0.2, 0.25) is 0 Å². The minimum atomic E-state index is 0.318. The summed E-state index contributed by atoms with van der Waals surface area (Å²) >= 11 is 1.58. The van der Waals surface area contributed by atoms with Gasteiger partial charge in [-0.1, -0.05) is 13.8 Å². The molecule has 130 valence electrons. The Bertz CT molecular complexity index is 675. The first-order valence-corrected chi connectivity index (χ1v) is 9.54. The summed E-state index contributed by atoms with van der Waals surface area (Å²) in [6.07, 6.45) is 4.08. The number of nitrogens with one attached hydrogen (secondary N) is 1. The Balaban J connectivity index is 1.88. The molecule has 3 heterocycles. The van der Waals surface area contributed by atoms with E-state index in [0.29, 0.717) is 17.9 Å². The van der Waals surface area contributed by atoms with Crippen molar-refractivity contribution in [3.8, 4) is 0 Å². The van der Waals surface area contributed by atoms with Gasteiger partial charge < -0.3 is 9.88 Å². The largest absolute Gasteiger partial charge is 0.317 e. The molecule has 0 bridgehead atoms. The summed E-state index contributed by atoms with van der Waals surface area (Å²) in [4.78, 5) is 8.99. The predicted molar refractivity (Wildman–Crippen MR) is 95.5 cm³/mol. The fraction of sp³-hybridized carbons (Fsp3) is 0.647. The minimum absolute atomic E-state index is 0.318. The van der Waals surface area contributed by atoms with Crippen LogP contribution in [0.5, 0.6) is 0 Å². The highest BCUT2D eigenvalue weighted by Crippen LogP contribution is 2.32. The van der Waals surface area contributed by atoms with Crippen LogP contribution in [0.2, 0.25) is 0 Å². The molecule has 0 unspecified atom stereocenters. The fourth-order valence-electron chi connectivity index (χ4n) is 2.99. The molecule has 1 fully saturated rings. The first kappa shape index (κ1) is 17.4. The van der Waals surface area contributed by atoms with E-state index in [-0.39, 0.29) is 0 Å². The summed E-state index contributed by atoms with van der Waals surface area (Å²) in [6, 6.07) is 2.28. The van der Waals surface area contributed by atoms with Gasteiger partial charge in [0, 0.05) is 24.1 Å². The number of piperidine rings is 1. The Labute approximate surface area is 147 Å². The van der Waals surface area contributed by atoms with Crippen molar-refractivity contribution in [3.63, 3.8) is 0 Å². The number of hydrogen-bond acceptors (Lipinski definition) is 6. The van der Waals surface area contributed by atoms with Crippen molar-refractivity contribution in [2.75, 3.05) is 13.1 Å². The second-order valence-electron chi connectivity index (χ2n) is 6.84. The van der Waals surface area contributed by atoms with Gasteiger partial charge in [-0.05, 0) is 57.6 Å². The molecule has 2 aromatic rings. The van der Waals surface area contributed by atoms with Crippen LogP contribution in [0, 0.1) is 0 Å². The lowest BCUT2D eigenvalue weighted by Gasteiger charge is -2.24. The zero-order valence-electron chi connectivity index (χ0n) is 14.9. The van der Waals surface area contributed by atoms with Gasteiger partial charge in [-0.25, -0.2) is 9.97 Å². The van der Waals surface area contributed by atoms with Crippen molar-refractivity contribution in [2.45, 2.75) is 68.6 Å². The van der Waals surface area contributed by atoms with Crippen molar-refractivity contribution >= 4 is 11.8 Å². The first-order valence-electron chi connectivity index (χ1n) is 8.72. The van der Waals surface area contributed by atoms with Crippen LogP contribution >= 0.6 is 11.8 Å². The smallest absolute Gasteiger partial charge is 0.197 e. The molecule has 1 aliphatic heterocycles. The second kappa shape index (κ2) is 7.61. The van der Waals surface area contributed by atoms with Gasteiger partial charge in [-0.2, -0.15) is 0 Å². The van der Waals surface area contributed by atoms with E-state index in [9.17, 15) is 0 Å². The lowest BCUT2D eigenvalue weighted by molar-refractivity contribution is 0.412. The highest BCUT2D eigenvalue weighted by atomic mass is 32.2. The van der Waals surface area contributed by atoms with Crippen LogP contribution in [-0.4, -0.2) is 37.8 Å². The topological polar surface area (TPSA) is 68.5 Å². The molecule has 1 N–H and O–H groups in total. The molecule has 24 heavy (non-hydrogen) atoms. The van der Waals surface area contributed by atoms with Crippen LogP contribution in [0.15, 0.2) is 22.4 Å². The molecule has 0 saturated carbocycles. The second-order valence-corrected chi connectivity index (χ2v) is 7.83. The van der Waals surface area contributed by atoms with E-state index in [2.05, 4.69) is 57.7 Å². The molecule has 0 aromatic carbocycles. The number of aromatic nitrogens is 5. The predicted octanol–water partition coefficient (Wildman–Crippen LogP) is 3.39. The summed E-state index contributed by atoms with van der Waals surface area (Å²) in [7, 11) is 0. The van der Waals surface area contributed by atoms with E-state index in [4.69, 9.17) is 0 Å². The van der Waals surface area contributed by atoms with Gasteiger partial charge in [0.1, 0.15) is 16.7 Å². The van der Waals surface area contributed by atoms with Gasteiger partial charge in [-0.15, -0.1) is 10.2 Å². The van der Waals surface area contributed by atoms with Crippen LogP contribution < -0.4 is 5.32 Å². The van der Waals surface area contributed by atoms with Crippen molar-refractivity contribution in [1.82, 2.24) is 30.0 Å². The summed E-state index contributed by atoms with van der Waals surface area (Å²) < 4.78 is 2.28. The van der Waals surface area contributed by atoms with Gasteiger partial charge >= 0.3 is 0 Å². The van der Waals surface area contributed by atoms with E-state index in [0.717, 1.165) is 47.8 Å². The van der Waals surface area contributed by atoms with Crippen LogP contribution in [0.25, 0.3) is 0 Å². The molecule has 0 radical (unpaired) electrons. The fourth-order valence-corrected chi connectivity index (χ4v) is 3.93. The molecule has 3 rings (SSSR count). The molecule has 0 aliphatic carbocycles. The van der Waals surface area contributed by atoms with Gasteiger partial charge in [0.15, 0.2) is 5.16 Å². The van der Waals surface area contributed by atoms with Crippen molar-refractivity contribution < 1.29 is 0 Å². The molecule has 1 saturated heterocycles.